The molecule has 1 N–H and O–H groups in total. The van der Waals surface area contributed by atoms with Crippen molar-refractivity contribution in [3.05, 3.63) is 71.6 Å². The zero-order valence-corrected chi connectivity index (χ0v) is 19.8. The van der Waals surface area contributed by atoms with E-state index in [0.29, 0.717) is 12.3 Å². The van der Waals surface area contributed by atoms with Crippen LogP contribution in [0.5, 0.6) is 0 Å². The van der Waals surface area contributed by atoms with E-state index in [-0.39, 0.29) is 17.0 Å². The van der Waals surface area contributed by atoms with E-state index in [9.17, 15) is 9.18 Å². The lowest BCUT2D eigenvalue weighted by atomic mass is 10.0. The third kappa shape index (κ3) is 4.69. The van der Waals surface area contributed by atoms with Gasteiger partial charge < -0.3 is 5.32 Å². The lowest BCUT2D eigenvalue weighted by molar-refractivity contribution is -0.115. The smallest absolute Gasteiger partial charge is 0.237 e. The average Bonchev–Trinajstić information content (AvgIpc) is 3.23. The Labute approximate surface area is 195 Å². The Bertz CT molecular complexity index is 1240. The predicted octanol–water partition coefficient (Wildman–Crippen LogP) is 7.13. The molecule has 0 aliphatic heterocycles. The Balaban J connectivity index is 1.64. The fraction of sp³-hybridized carbons (Fsp3) is 0.240. The molecular formula is C25H24FN3OS2. The second kappa shape index (κ2) is 9.79. The summed E-state index contributed by atoms with van der Waals surface area (Å²) in [5, 5.41) is 6.48. The van der Waals surface area contributed by atoms with E-state index in [0.717, 1.165) is 37.6 Å². The van der Waals surface area contributed by atoms with E-state index in [1.54, 1.807) is 12.1 Å². The molecule has 1 unspecified atom stereocenters. The van der Waals surface area contributed by atoms with Gasteiger partial charge in [0, 0.05) is 16.6 Å². The molecule has 0 aliphatic carbocycles. The number of aromatic nitrogens is 2. The molecule has 0 fully saturated rings. The molecule has 4 aromatic rings. The highest BCUT2D eigenvalue weighted by molar-refractivity contribution is 8.00. The van der Waals surface area contributed by atoms with Gasteiger partial charge in [0.05, 0.1) is 10.6 Å². The zero-order chi connectivity index (χ0) is 22.7. The van der Waals surface area contributed by atoms with Crippen LogP contribution < -0.4 is 5.32 Å². The number of fused-ring (bicyclic) bond motifs is 1. The van der Waals surface area contributed by atoms with Crippen LogP contribution in [0.3, 0.4) is 0 Å². The Morgan fingerprint density at radius 1 is 1.12 bits per heavy atom. The largest absolute Gasteiger partial charge is 0.325 e. The predicted molar refractivity (Wildman–Crippen MR) is 132 cm³/mol. The number of para-hydroxylation sites is 1. The fourth-order valence-electron chi connectivity index (χ4n) is 3.56. The van der Waals surface area contributed by atoms with Gasteiger partial charge in [-0.05, 0) is 41.7 Å². The number of rotatable bonds is 7. The van der Waals surface area contributed by atoms with E-state index in [1.807, 2.05) is 36.6 Å². The van der Waals surface area contributed by atoms with Gasteiger partial charge in [0.15, 0.2) is 0 Å². The molecule has 0 spiro atoms. The Morgan fingerprint density at radius 3 is 2.59 bits per heavy atom. The number of hydrogen-bond donors (Lipinski definition) is 1. The molecule has 164 valence electrons. The average molecular weight is 466 g/mol. The van der Waals surface area contributed by atoms with Crippen molar-refractivity contribution < 1.29 is 9.18 Å². The minimum atomic E-state index is -0.311. The van der Waals surface area contributed by atoms with Gasteiger partial charge in [0.25, 0.3) is 0 Å². The molecule has 4 rings (SSSR count). The maximum Gasteiger partial charge on any atom is 0.237 e. The van der Waals surface area contributed by atoms with Crippen LogP contribution in [0.1, 0.15) is 38.7 Å². The summed E-state index contributed by atoms with van der Waals surface area (Å²) < 4.78 is 13.4. The molecule has 2 heterocycles. The lowest BCUT2D eigenvalue weighted by Crippen LogP contribution is -2.25. The van der Waals surface area contributed by atoms with E-state index < -0.39 is 0 Å². The van der Waals surface area contributed by atoms with Crippen molar-refractivity contribution in [3.8, 4) is 11.1 Å². The van der Waals surface area contributed by atoms with Gasteiger partial charge in [-0.3, -0.25) is 4.79 Å². The summed E-state index contributed by atoms with van der Waals surface area (Å²) in [5.74, 6) is -0.00996. The van der Waals surface area contributed by atoms with Crippen molar-refractivity contribution in [2.75, 3.05) is 5.32 Å². The molecule has 4 nitrogen and oxygen atoms in total. The number of carbonyl (C=O) groups excluding carboxylic acids is 1. The number of thiophene rings is 1. The van der Waals surface area contributed by atoms with Crippen LogP contribution in [0.4, 0.5) is 10.1 Å². The number of anilines is 1. The normalized spacial score (nSPS) is 12.3. The molecule has 1 atom stereocenters. The second-order valence-electron chi connectivity index (χ2n) is 7.76. The fourth-order valence-corrected chi connectivity index (χ4v) is 5.58. The van der Waals surface area contributed by atoms with Crippen molar-refractivity contribution >= 4 is 44.9 Å². The zero-order valence-electron chi connectivity index (χ0n) is 18.1. The van der Waals surface area contributed by atoms with E-state index in [1.165, 1.54) is 41.6 Å². The van der Waals surface area contributed by atoms with Crippen molar-refractivity contribution in [1.82, 2.24) is 9.97 Å². The molecule has 2 aromatic heterocycles. The molecule has 0 saturated heterocycles. The van der Waals surface area contributed by atoms with Gasteiger partial charge in [-0.15, -0.1) is 11.3 Å². The first-order chi connectivity index (χ1) is 15.5. The second-order valence-corrected chi connectivity index (χ2v) is 9.81. The van der Waals surface area contributed by atoms with Crippen molar-refractivity contribution in [1.29, 1.82) is 0 Å². The van der Waals surface area contributed by atoms with Crippen molar-refractivity contribution in [2.45, 2.75) is 43.4 Å². The molecule has 0 aliphatic rings. The first kappa shape index (κ1) is 22.4. The molecule has 0 radical (unpaired) electrons. The Morgan fingerprint density at radius 2 is 1.88 bits per heavy atom. The number of hydrogen-bond acceptors (Lipinski definition) is 5. The van der Waals surface area contributed by atoms with Gasteiger partial charge in [-0.2, -0.15) is 0 Å². The van der Waals surface area contributed by atoms with Crippen LogP contribution in [0, 0.1) is 5.82 Å². The van der Waals surface area contributed by atoms with E-state index >= 15 is 0 Å². The monoisotopic (exact) mass is 465 g/mol. The minimum Gasteiger partial charge on any atom is -0.325 e. The summed E-state index contributed by atoms with van der Waals surface area (Å²) in [6, 6.07) is 14.3. The highest BCUT2D eigenvalue weighted by Crippen LogP contribution is 2.39. The lowest BCUT2D eigenvalue weighted by Gasteiger charge is -2.18. The van der Waals surface area contributed by atoms with Gasteiger partial charge in [0.2, 0.25) is 5.91 Å². The summed E-state index contributed by atoms with van der Waals surface area (Å²) >= 11 is 2.97. The highest BCUT2D eigenvalue weighted by atomic mass is 32.2. The quantitative estimate of drug-likeness (QED) is 0.233. The van der Waals surface area contributed by atoms with Crippen LogP contribution >= 0.6 is 23.1 Å². The third-order valence-corrected chi connectivity index (χ3v) is 7.50. The molecule has 0 bridgehead atoms. The van der Waals surface area contributed by atoms with Crippen LogP contribution in [0.15, 0.2) is 65.3 Å². The standard InChI is InChI=1S/C25H24FN3OS2/c1-4-21(23(30)29-20-8-6-5-7-18(20)15(2)3)32-25-22-19(13-31-24(22)27-14-28-25)16-9-11-17(26)12-10-16/h5-15,21H,4H2,1-3H3,(H,29,30). The molecule has 7 heteroatoms. The number of carbonyl (C=O) groups is 1. The van der Waals surface area contributed by atoms with E-state index in [4.69, 9.17) is 0 Å². The van der Waals surface area contributed by atoms with Gasteiger partial charge >= 0.3 is 0 Å². The first-order valence-corrected chi connectivity index (χ1v) is 12.3. The number of amides is 1. The summed E-state index contributed by atoms with van der Waals surface area (Å²) in [4.78, 5) is 22.9. The van der Waals surface area contributed by atoms with Crippen LogP contribution in [-0.2, 0) is 4.79 Å². The summed E-state index contributed by atoms with van der Waals surface area (Å²) in [7, 11) is 0. The van der Waals surface area contributed by atoms with Gasteiger partial charge in [-0.25, -0.2) is 14.4 Å². The molecular weight excluding hydrogens is 441 g/mol. The molecule has 2 aromatic carbocycles. The highest BCUT2D eigenvalue weighted by Gasteiger charge is 2.23. The number of benzene rings is 2. The summed E-state index contributed by atoms with van der Waals surface area (Å²) in [5.41, 5.74) is 3.81. The Hall–Kier alpha value is -2.77. The van der Waals surface area contributed by atoms with Crippen LogP contribution in [0.2, 0.25) is 0 Å². The molecule has 1 amide bonds. The van der Waals surface area contributed by atoms with E-state index in [2.05, 4.69) is 29.1 Å². The van der Waals surface area contributed by atoms with Crippen molar-refractivity contribution in [2.24, 2.45) is 0 Å². The van der Waals surface area contributed by atoms with Gasteiger partial charge in [-0.1, -0.05) is 62.9 Å². The van der Waals surface area contributed by atoms with Crippen molar-refractivity contribution in [3.63, 3.8) is 0 Å². The first-order valence-electron chi connectivity index (χ1n) is 10.5. The SMILES string of the molecule is CCC(Sc1ncnc2scc(-c3ccc(F)cc3)c12)C(=O)Nc1ccccc1C(C)C. The summed E-state index contributed by atoms with van der Waals surface area (Å²) in [6.45, 7) is 6.23. The van der Waals surface area contributed by atoms with Crippen LogP contribution in [0.25, 0.3) is 21.3 Å². The third-order valence-electron chi connectivity index (χ3n) is 5.25. The summed E-state index contributed by atoms with van der Waals surface area (Å²) in [6.07, 6.45) is 2.19. The minimum absolute atomic E-state index is 0.0454. The maximum absolute atomic E-state index is 13.4. The number of halogens is 1. The van der Waals surface area contributed by atoms with Crippen LogP contribution in [-0.4, -0.2) is 21.1 Å². The topological polar surface area (TPSA) is 54.9 Å². The molecule has 0 saturated carbocycles. The molecule has 32 heavy (non-hydrogen) atoms. The maximum atomic E-state index is 13.4. The number of nitrogens with one attached hydrogen (secondary N) is 1. The van der Waals surface area contributed by atoms with Gasteiger partial charge in [0.1, 0.15) is 22.0 Å². The number of nitrogens with zero attached hydrogens (tertiary/aromatic N) is 2. The number of thioether (sulfide) groups is 1. The Kier molecular flexibility index (Phi) is 6.86.